The van der Waals surface area contributed by atoms with Gasteiger partial charge in [0.1, 0.15) is 0 Å². The largest absolute Gasteiger partial charge is 0.326 e. The van der Waals surface area contributed by atoms with Gasteiger partial charge in [-0.25, -0.2) is 0 Å². The van der Waals surface area contributed by atoms with Crippen LogP contribution in [0.4, 0.5) is 0 Å². The minimum atomic E-state index is 0.395. The Bertz CT molecular complexity index is 373. The highest BCUT2D eigenvalue weighted by molar-refractivity contribution is 9.12. The molecule has 0 aliphatic carbocycles. The van der Waals surface area contributed by atoms with Crippen LogP contribution in [-0.2, 0) is 0 Å². The molecule has 0 heterocycles. The second-order valence-electron chi connectivity index (χ2n) is 3.70. The van der Waals surface area contributed by atoms with Crippen LogP contribution in [0.2, 0.25) is 0 Å². The molecule has 0 radical (unpaired) electrons. The van der Waals surface area contributed by atoms with Crippen LogP contribution < -0.4 is 5.73 Å². The van der Waals surface area contributed by atoms with Crippen LogP contribution in [0, 0.1) is 5.41 Å². The van der Waals surface area contributed by atoms with Gasteiger partial charge in [0.05, 0.1) is 0 Å². The van der Waals surface area contributed by atoms with Gasteiger partial charge in [0.2, 0.25) is 0 Å². The molecule has 0 fully saturated rings. The van der Waals surface area contributed by atoms with Gasteiger partial charge in [-0.05, 0) is 38.0 Å². The van der Waals surface area contributed by atoms with Gasteiger partial charge < -0.3 is 11.1 Å². The molecule has 0 bridgehead atoms. The Labute approximate surface area is 106 Å². The van der Waals surface area contributed by atoms with Crippen molar-refractivity contribution >= 4 is 21.6 Å². The topological polar surface area (TPSA) is 49.9 Å². The van der Waals surface area contributed by atoms with Gasteiger partial charge in [0, 0.05) is 16.7 Å². The van der Waals surface area contributed by atoms with Crippen LogP contribution in [0.3, 0.4) is 0 Å². The molecule has 3 heteroatoms. The SMILES string of the molecule is C=C(C)\C(Br)=C/C=C(C)/C=C(\CN)C(C)=N. The molecule has 2 nitrogen and oxygen atoms in total. The fraction of sp³-hybridized carbons (Fsp3) is 0.308. The van der Waals surface area contributed by atoms with Gasteiger partial charge >= 0.3 is 0 Å². The van der Waals surface area contributed by atoms with E-state index in [-0.39, 0.29) is 0 Å². The van der Waals surface area contributed by atoms with Gasteiger partial charge in [-0.1, -0.05) is 40.2 Å². The van der Waals surface area contributed by atoms with Crippen molar-refractivity contribution in [2.75, 3.05) is 6.54 Å². The smallest absolute Gasteiger partial charge is 0.0327 e. The monoisotopic (exact) mass is 282 g/mol. The number of rotatable bonds is 5. The summed E-state index contributed by atoms with van der Waals surface area (Å²) in [5, 5.41) is 7.52. The summed E-state index contributed by atoms with van der Waals surface area (Å²) < 4.78 is 0.973. The van der Waals surface area contributed by atoms with E-state index in [9.17, 15) is 0 Å². The summed E-state index contributed by atoms with van der Waals surface area (Å²) >= 11 is 3.41. The number of nitrogens with two attached hydrogens (primary N) is 1. The molecule has 0 atom stereocenters. The molecule has 0 spiro atoms. The Balaban J connectivity index is 4.87. The Hall–Kier alpha value is -0.930. The van der Waals surface area contributed by atoms with Crippen molar-refractivity contribution in [3.63, 3.8) is 0 Å². The third kappa shape index (κ3) is 5.83. The third-order valence-electron chi connectivity index (χ3n) is 2.00. The summed E-state index contributed by atoms with van der Waals surface area (Å²) in [5.74, 6) is 0. The zero-order valence-corrected chi connectivity index (χ0v) is 11.7. The number of halogens is 1. The van der Waals surface area contributed by atoms with E-state index in [0.29, 0.717) is 12.3 Å². The van der Waals surface area contributed by atoms with Crippen molar-refractivity contribution in [3.05, 3.63) is 46.0 Å². The van der Waals surface area contributed by atoms with Crippen LogP contribution in [0.15, 0.2) is 46.0 Å². The van der Waals surface area contributed by atoms with Crippen molar-refractivity contribution in [2.24, 2.45) is 5.73 Å². The van der Waals surface area contributed by atoms with E-state index in [2.05, 4.69) is 22.5 Å². The first-order chi connectivity index (χ1) is 7.38. The van der Waals surface area contributed by atoms with E-state index >= 15 is 0 Å². The molecule has 88 valence electrons. The maximum atomic E-state index is 7.52. The van der Waals surface area contributed by atoms with Crippen molar-refractivity contribution in [1.82, 2.24) is 0 Å². The predicted octanol–water partition coefficient (Wildman–Crippen LogP) is 3.71. The first-order valence-corrected chi connectivity index (χ1v) is 5.84. The van der Waals surface area contributed by atoms with Gasteiger partial charge in [-0.2, -0.15) is 0 Å². The molecule has 0 saturated carbocycles. The molecule has 0 saturated heterocycles. The highest BCUT2D eigenvalue weighted by Crippen LogP contribution is 2.15. The minimum absolute atomic E-state index is 0.395. The first kappa shape index (κ1) is 15.1. The zero-order chi connectivity index (χ0) is 12.7. The molecule has 3 N–H and O–H groups in total. The highest BCUT2D eigenvalue weighted by atomic mass is 79.9. The molecule has 16 heavy (non-hydrogen) atoms. The van der Waals surface area contributed by atoms with Crippen LogP contribution in [-0.4, -0.2) is 12.3 Å². The Morgan fingerprint density at radius 3 is 2.25 bits per heavy atom. The molecular formula is C13H19BrN2. The third-order valence-corrected chi connectivity index (χ3v) is 2.94. The lowest BCUT2D eigenvalue weighted by Crippen LogP contribution is -2.09. The second-order valence-corrected chi connectivity index (χ2v) is 4.56. The van der Waals surface area contributed by atoms with E-state index in [1.807, 2.05) is 32.1 Å². The lowest BCUT2D eigenvalue weighted by atomic mass is 10.1. The summed E-state index contributed by atoms with van der Waals surface area (Å²) in [5.41, 5.74) is 8.96. The van der Waals surface area contributed by atoms with E-state index in [0.717, 1.165) is 21.2 Å². The molecule has 0 aliphatic rings. The van der Waals surface area contributed by atoms with Gasteiger partial charge in [0.15, 0.2) is 0 Å². The lowest BCUT2D eigenvalue weighted by molar-refractivity contribution is 1.18. The van der Waals surface area contributed by atoms with Crippen LogP contribution in [0.5, 0.6) is 0 Å². The molecule has 0 aromatic heterocycles. The van der Waals surface area contributed by atoms with Gasteiger partial charge in [-0.15, -0.1) is 0 Å². The van der Waals surface area contributed by atoms with Crippen molar-refractivity contribution < 1.29 is 0 Å². The highest BCUT2D eigenvalue weighted by Gasteiger charge is 1.96. The molecule has 0 rings (SSSR count). The quantitative estimate of drug-likeness (QED) is 0.586. The standard InChI is InChI=1S/C13H19BrN2/c1-9(2)13(14)6-5-10(3)7-12(8-15)11(4)16/h5-7,16H,1,8,15H2,2-4H3/b10-5+,12-7+,13-6+,16-11?. The summed E-state index contributed by atoms with van der Waals surface area (Å²) in [7, 11) is 0. The average molecular weight is 283 g/mol. The van der Waals surface area contributed by atoms with Crippen LogP contribution >= 0.6 is 15.9 Å². The number of nitrogens with one attached hydrogen (secondary N) is 1. The average Bonchev–Trinajstić information content (AvgIpc) is 2.21. The van der Waals surface area contributed by atoms with Crippen molar-refractivity contribution in [2.45, 2.75) is 20.8 Å². The fourth-order valence-electron chi connectivity index (χ4n) is 0.990. The maximum Gasteiger partial charge on any atom is 0.0327 e. The van der Waals surface area contributed by atoms with E-state index < -0.39 is 0 Å². The zero-order valence-electron chi connectivity index (χ0n) is 10.1. The lowest BCUT2D eigenvalue weighted by Gasteiger charge is -2.01. The van der Waals surface area contributed by atoms with Crippen molar-refractivity contribution in [3.8, 4) is 0 Å². The summed E-state index contributed by atoms with van der Waals surface area (Å²) in [4.78, 5) is 0. The number of hydrogen-bond donors (Lipinski definition) is 2. The first-order valence-electron chi connectivity index (χ1n) is 5.04. The number of hydrogen-bond acceptors (Lipinski definition) is 2. The molecule has 0 unspecified atom stereocenters. The fourth-order valence-corrected chi connectivity index (χ4v) is 1.12. The van der Waals surface area contributed by atoms with E-state index in [1.54, 1.807) is 6.92 Å². The summed E-state index contributed by atoms with van der Waals surface area (Å²) in [6.45, 7) is 9.88. The normalized spacial score (nSPS) is 13.9. The van der Waals surface area contributed by atoms with Gasteiger partial charge in [-0.3, -0.25) is 0 Å². The second kappa shape index (κ2) is 7.36. The van der Waals surface area contributed by atoms with E-state index in [1.165, 1.54) is 0 Å². The van der Waals surface area contributed by atoms with Crippen LogP contribution in [0.1, 0.15) is 20.8 Å². The predicted molar refractivity (Wildman–Crippen MR) is 76.1 cm³/mol. The molecule has 0 aromatic rings. The molecular weight excluding hydrogens is 264 g/mol. The number of allylic oxidation sites excluding steroid dienone is 6. The van der Waals surface area contributed by atoms with Crippen molar-refractivity contribution in [1.29, 1.82) is 5.41 Å². The minimum Gasteiger partial charge on any atom is -0.326 e. The molecule has 0 aromatic carbocycles. The molecule has 0 amide bonds. The van der Waals surface area contributed by atoms with Crippen LogP contribution in [0.25, 0.3) is 0 Å². The molecule has 0 aliphatic heterocycles. The van der Waals surface area contributed by atoms with Gasteiger partial charge in [0.25, 0.3) is 0 Å². The summed E-state index contributed by atoms with van der Waals surface area (Å²) in [6.07, 6.45) is 5.84. The van der Waals surface area contributed by atoms with E-state index in [4.69, 9.17) is 11.1 Å². The summed E-state index contributed by atoms with van der Waals surface area (Å²) in [6, 6.07) is 0. The Kier molecular flexibility index (Phi) is 6.93. The Morgan fingerprint density at radius 1 is 1.31 bits per heavy atom. The maximum absolute atomic E-state index is 7.52. The Morgan fingerprint density at radius 2 is 1.88 bits per heavy atom.